The summed E-state index contributed by atoms with van der Waals surface area (Å²) in [7, 11) is 0. The maximum absolute atomic E-state index is 12.6. The number of carbonyl (C=O) groups is 1. The Labute approximate surface area is 152 Å². The lowest BCUT2D eigenvalue weighted by atomic mass is 10.0. The van der Waals surface area contributed by atoms with Crippen molar-refractivity contribution in [2.45, 2.75) is 32.9 Å². The van der Waals surface area contributed by atoms with Crippen LogP contribution in [0.3, 0.4) is 0 Å². The molecule has 3 rings (SSSR count). The lowest BCUT2D eigenvalue weighted by Crippen LogP contribution is -2.07. The molecule has 1 aromatic heterocycles. The summed E-state index contributed by atoms with van der Waals surface area (Å²) in [5.74, 6) is 1.27. The molecule has 0 atom stereocenters. The van der Waals surface area contributed by atoms with Crippen molar-refractivity contribution in [1.29, 1.82) is 0 Å². The zero-order valence-electron chi connectivity index (χ0n) is 14.9. The van der Waals surface area contributed by atoms with Gasteiger partial charge in [-0.25, -0.2) is 0 Å². The minimum atomic E-state index is 0.114. The van der Waals surface area contributed by atoms with Gasteiger partial charge in [-0.15, -0.1) is 10.2 Å². The van der Waals surface area contributed by atoms with Crippen LogP contribution >= 0.6 is 11.8 Å². The van der Waals surface area contributed by atoms with Crippen LogP contribution in [0.2, 0.25) is 0 Å². The molecule has 0 amide bonds. The van der Waals surface area contributed by atoms with Crippen LogP contribution in [0.5, 0.6) is 0 Å². The van der Waals surface area contributed by atoms with E-state index in [1.165, 1.54) is 11.8 Å². The first-order valence-corrected chi connectivity index (χ1v) is 9.17. The molecule has 1 heterocycles. The SMILES string of the molecule is Cc1ccc(C)c(C(=O)CSc2nnc(C)n2-c2ccccc2C)c1. The smallest absolute Gasteiger partial charge is 0.196 e. The fraction of sp³-hybridized carbons (Fsp3) is 0.250. The molecule has 0 saturated carbocycles. The van der Waals surface area contributed by atoms with Gasteiger partial charge in [0, 0.05) is 5.56 Å². The second-order valence-corrected chi connectivity index (χ2v) is 7.12. The van der Waals surface area contributed by atoms with E-state index in [9.17, 15) is 4.79 Å². The maximum atomic E-state index is 12.6. The molecule has 3 aromatic rings. The average molecular weight is 351 g/mol. The summed E-state index contributed by atoms with van der Waals surface area (Å²) in [5, 5.41) is 9.20. The van der Waals surface area contributed by atoms with Crippen molar-refractivity contribution in [1.82, 2.24) is 14.8 Å². The van der Waals surface area contributed by atoms with Crippen molar-refractivity contribution in [3.63, 3.8) is 0 Å². The van der Waals surface area contributed by atoms with E-state index in [4.69, 9.17) is 0 Å². The number of para-hydroxylation sites is 1. The van der Waals surface area contributed by atoms with Crippen LogP contribution in [-0.2, 0) is 0 Å². The summed E-state index contributed by atoms with van der Waals surface area (Å²) >= 11 is 1.43. The zero-order valence-corrected chi connectivity index (χ0v) is 15.7. The van der Waals surface area contributed by atoms with Crippen LogP contribution < -0.4 is 0 Å². The third kappa shape index (κ3) is 3.66. The summed E-state index contributed by atoms with van der Waals surface area (Å²) in [4.78, 5) is 12.6. The number of aryl methyl sites for hydroxylation is 4. The molecule has 0 aliphatic rings. The highest BCUT2D eigenvalue weighted by atomic mass is 32.2. The Morgan fingerprint density at radius 3 is 2.52 bits per heavy atom. The first kappa shape index (κ1) is 17.4. The van der Waals surface area contributed by atoms with Crippen molar-refractivity contribution >= 4 is 17.5 Å². The van der Waals surface area contributed by atoms with Gasteiger partial charge in [0.1, 0.15) is 5.82 Å². The maximum Gasteiger partial charge on any atom is 0.196 e. The van der Waals surface area contributed by atoms with Crippen molar-refractivity contribution < 1.29 is 4.79 Å². The molecule has 4 nitrogen and oxygen atoms in total. The topological polar surface area (TPSA) is 47.8 Å². The van der Waals surface area contributed by atoms with Gasteiger partial charge in [0.2, 0.25) is 0 Å². The number of thioether (sulfide) groups is 1. The minimum absolute atomic E-state index is 0.114. The number of aromatic nitrogens is 3. The van der Waals surface area contributed by atoms with E-state index in [2.05, 4.69) is 23.2 Å². The van der Waals surface area contributed by atoms with Gasteiger partial charge in [-0.1, -0.05) is 47.7 Å². The van der Waals surface area contributed by atoms with Crippen molar-refractivity contribution in [2.75, 3.05) is 5.75 Å². The van der Waals surface area contributed by atoms with E-state index in [1.807, 2.05) is 61.7 Å². The molecule has 0 saturated heterocycles. The molecule has 0 radical (unpaired) electrons. The molecule has 128 valence electrons. The van der Waals surface area contributed by atoms with Crippen LogP contribution in [0.1, 0.15) is 32.9 Å². The average Bonchev–Trinajstić information content (AvgIpc) is 2.96. The van der Waals surface area contributed by atoms with Crippen molar-refractivity contribution in [2.24, 2.45) is 0 Å². The summed E-state index contributed by atoms with van der Waals surface area (Å²) in [6.45, 7) is 7.96. The summed E-state index contributed by atoms with van der Waals surface area (Å²) in [5.41, 5.74) is 5.08. The lowest BCUT2D eigenvalue weighted by molar-refractivity contribution is 0.102. The largest absolute Gasteiger partial charge is 0.293 e. The third-order valence-corrected chi connectivity index (χ3v) is 5.11. The normalized spacial score (nSPS) is 10.9. The molecule has 25 heavy (non-hydrogen) atoms. The van der Waals surface area contributed by atoms with Gasteiger partial charge < -0.3 is 0 Å². The van der Waals surface area contributed by atoms with Gasteiger partial charge in [-0.2, -0.15) is 0 Å². The Kier molecular flexibility index (Phi) is 5.04. The third-order valence-electron chi connectivity index (χ3n) is 4.18. The molecule has 0 N–H and O–H groups in total. The molecule has 0 spiro atoms. The van der Waals surface area contributed by atoms with Crippen LogP contribution in [-0.4, -0.2) is 26.3 Å². The Balaban J connectivity index is 1.84. The van der Waals surface area contributed by atoms with E-state index >= 15 is 0 Å². The van der Waals surface area contributed by atoms with Crippen molar-refractivity contribution in [3.05, 3.63) is 70.5 Å². The highest BCUT2D eigenvalue weighted by molar-refractivity contribution is 7.99. The van der Waals surface area contributed by atoms with E-state index in [0.29, 0.717) is 5.75 Å². The first-order valence-electron chi connectivity index (χ1n) is 8.18. The highest BCUT2D eigenvalue weighted by Crippen LogP contribution is 2.25. The number of hydrogen-bond donors (Lipinski definition) is 0. The predicted octanol–water partition coefficient (Wildman–Crippen LogP) is 4.48. The molecule has 2 aromatic carbocycles. The Morgan fingerprint density at radius 2 is 1.76 bits per heavy atom. The second-order valence-electron chi connectivity index (χ2n) is 6.18. The van der Waals surface area contributed by atoms with Gasteiger partial charge >= 0.3 is 0 Å². The van der Waals surface area contributed by atoms with Crippen molar-refractivity contribution in [3.8, 4) is 5.69 Å². The van der Waals surface area contributed by atoms with Gasteiger partial charge in [-0.05, 0) is 51.0 Å². The molecule has 0 bridgehead atoms. The standard InChI is InChI=1S/C20H21N3OS/c1-13-9-10-14(2)17(11-13)19(24)12-25-20-22-21-16(4)23(20)18-8-6-5-7-15(18)3/h5-11H,12H2,1-4H3. The summed E-state index contributed by atoms with van der Waals surface area (Å²) in [6.07, 6.45) is 0. The van der Waals surface area contributed by atoms with Gasteiger partial charge in [0.25, 0.3) is 0 Å². The van der Waals surface area contributed by atoms with Gasteiger partial charge in [0.05, 0.1) is 11.4 Å². The molecule has 0 fully saturated rings. The number of benzene rings is 2. The number of carbonyl (C=O) groups excluding carboxylic acids is 1. The molecule has 0 aliphatic heterocycles. The zero-order chi connectivity index (χ0) is 18.0. The monoisotopic (exact) mass is 351 g/mol. The van der Waals surface area contributed by atoms with Gasteiger partial charge in [0.15, 0.2) is 10.9 Å². The number of hydrogen-bond acceptors (Lipinski definition) is 4. The Hall–Kier alpha value is -2.40. The Morgan fingerprint density at radius 1 is 1.00 bits per heavy atom. The lowest BCUT2D eigenvalue weighted by Gasteiger charge is -2.11. The number of nitrogens with zero attached hydrogens (tertiary/aromatic N) is 3. The molecule has 0 unspecified atom stereocenters. The van der Waals surface area contributed by atoms with Crippen LogP contribution in [0.25, 0.3) is 5.69 Å². The first-order chi connectivity index (χ1) is 12.0. The Bertz CT molecular complexity index is 930. The fourth-order valence-electron chi connectivity index (χ4n) is 2.77. The predicted molar refractivity (Wildman–Crippen MR) is 102 cm³/mol. The minimum Gasteiger partial charge on any atom is -0.293 e. The van der Waals surface area contributed by atoms with Crippen LogP contribution in [0.4, 0.5) is 0 Å². The molecule has 0 aliphatic carbocycles. The van der Waals surface area contributed by atoms with Crippen LogP contribution in [0.15, 0.2) is 47.6 Å². The van der Waals surface area contributed by atoms with E-state index in [0.717, 1.165) is 38.9 Å². The van der Waals surface area contributed by atoms with E-state index < -0.39 is 0 Å². The highest BCUT2D eigenvalue weighted by Gasteiger charge is 2.16. The van der Waals surface area contributed by atoms with Gasteiger partial charge in [-0.3, -0.25) is 9.36 Å². The second kappa shape index (κ2) is 7.23. The number of ketones is 1. The quantitative estimate of drug-likeness (QED) is 0.502. The molecular formula is C20H21N3OS. The number of rotatable bonds is 5. The summed E-state index contributed by atoms with van der Waals surface area (Å²) in [6, 6.07) is 14.1. The van der Waals surface area contributed by atoms with E-state index in [1.54, 1.807) is 0 Å². The van der Waals surface area contributed by atoms with Crippen LogP contribution in [0, 0.1) is 27.7 Å². The van der Waals surface area contributed by atoms with E-state index in [-0.39, 0.29) is 5.78 Å². The fourth-order valence-corrected chi connectivity index (χ4v) is 3.65. The molecule has 5 heteroatoms. The number of Topliss-reactive ketones (excluding diaryl/α,β-unsaturated/α-hetero) is 1. The molecular weight excluding hydrogens is 330 g/mol. The summed E-state index contributed by atoms with van der Waals surface area (Å²) < 4.78 is 2.01.